The summed E-state index contributed by atoms with van der Waals surface area (Å²) in [6.45, 7) is 3.41. The molecule has 1 N–H and O–H groups in total. The third kappa shape index (κ3) is 4.27. The molecule has 0 fully saturated rings. The first kappa shape index (κ1) is 18.9. The van der Waals surface area contributed by atoms with Crippen molar-refractivity contribution in [1.29, 1.82) is 5.26 Å². The molecule has 140 valence electrons. The van der Waals surface area contributed by atoms with Gasteiger partial charge >= 0.3 is 0 Å². The van der Waals surface area contributed by atoms with Crippen LogP contribution < -0.4 is 9.47 Å². The molecule has 3 rings (SSSR count). The summed E-state index contributed by atoms with van der Waals surface area (Å²) in [5, 5.41) is 19.0. The molecule has 3 aromatic rings. The smallest absolute Gasteiger partial charge is 0.220 e. The number of carbonyl (C=O) groups excluding carboxylic acids is 1. The highest BCUT2D eigenvalue weighted by Crippen LogP contribution is 2.31. The van der Waals surface area contributed by atoms with Gasteiger partial charge in [-0.05, 0) is 49.7 Å². The lowest BCUT2D eigenvalue weighted by Crippen LogP contribution is -2.00. The van der Waals surface area contributed by atoms with Crippen molar-refractivity contribution in [2.24, 2.45) is 0 Å². The molecule has 6 nitrogen and oxygen atoms in total. The molecule has 0 aliphatic heterocycles. The molecule has 0 saturated carbocycles. The Morgan fingerprint density at radius 3 is 2.61 bits per heavy atom. The number of carbonyl (C=O) groups is 1. The molecule has 0 radical (unpaired) electrons. The van der Waals surface area contributed by atoms with Crippen LogP contribution in [0.1, 0.15) is 34.0 Å². The number of hydrogen-bond acceptors (Lipinski definition) is 6. The summed E-state index contributed by atoms with van der Waals surface area (Å²) in [5.74, 6) is 1.20. The van der Waals surface area contributed by atoms with E-state index in [2.05, 4.69) is 4.98 Å². The second-order valence-electron chi connectivity index (χ2n) is 6.17. The Balaban J connectivity index is 1.66. The first-order valence-electron chi connectivity index (χ1n) is 8.57. The molecule has 1 aromatic heterocycles. The average Bonchev–Trinajstić information content (AvgIpc) is 2.70. The van der Waals surface area contributed by atoms with Gasteiger partial charge in [0.05, 0.1) is 17.2 Å². The third-order valence-corrected chi connectivity index (χ3v) is 4.16. The minimum Gasteiger partial charge on any atom is -0.507 e. The average molecular weight is 374 g/mol. The van der Waals surface area contributed by atoms with Crippen molar-refractivity contribution >= 4 is 5.78 Å². The maximum absolute atomic E-state index is 11.5. The number of aromatic hydroxyl groups is 1. The molecule has 0 saturated heterocycles. The van der Waals surface area contributed by atoms with Gasteiger partial charge in [-0.1, -0.05) is 12.1 Å². The first-order valence-corrected chi connectivity index (χ1v) is 8.57. The van der Waals surface area contributed by atoms with E-state index in [-0.39, 0.29) is 17.1 Å². The predicted molar refractivity (Wildman–Crippen MR) is 103 cm³/mol. The van der Waals surface area contributed by atoms with Gasteiger partial charge in [0.25, 0.3) is 0 Å². The lowest BCUT2D eigenvalue weighted by Gasteiger charge is -2.12. The van der Waals surface area contributed by atoms with Crippen molar-refractivity contribution in [1.82, 2.24) is 4.98 Å². The number of rotatable bonds is 6. The molecule has 28 heavy (non-hydrogen) atoms. The SMILES string of the molecule is CC(=O)c1ccc(OCc2ccc(Oc3cc(C#N)ccn3)cc2)c(C)c1O. The van der Waals surface area contributed by atoms with Crippen molar-refractivity contribution in [2.75, 3.05) is 0 Å². The lowest BCUT2D eigenvalue weighted by atomic mass is 10.1. The maximum Gasteiger partial charge on any atom is 0.220 e. The first-order chi connectivity index (χ1) is 13.5. The predicted octanol–water partition coefficient (Wildman–Crippen LogP) is 4.54. The molecule has 1 heterocycles. The summed E-state index contributed by atoms with van der Waals surface area (Å²) in [5.41, 5.74) is 2.18. The fraction of sp³-hybridized carbons (Fsp3) is 0.136. The zero-order valence-corrected chi connectivity index (χ0v) is 15.5. The molecule has 2 aromatic carbocycles. The number of benzene rings is 2. The van der Waals surface area contributed by atoms with E-state index in [1.807, 2.05) is 18.2 Å². The minimum absolute atomic E-state index is 0.0548. The van der Waals surface area contributed by atoms with Crippen molar-refractivity contribution in [3.8, 4) is 29.2 Å². The summed E-state index contributed by atoms with van der Waals surface area (Å²) in [6.07, 6.45) is 1.52. The number of aromatic nitrogens is 1. The van der Waals surface area contributed by atoms with Crippen LogP contribution in [0.5, 0.6) is 23.1 Å². The number of pyridine rings is 1. The summed E-state index contributed by atoms with van der Waals surface area (Å²) in [4.78, 5) is 15.5. The number of nitrogens with zero attached hydrogens (tertiary/aromatic N) is 2. The van der Waals surface area contributed by atoms with Gasteiger partial charge in [-0.2, -0.15) is 5.26 Å². The Labute approximate surface area is 162 Å². The van der Waals surface area contributed by atoms with Crippen LogP contribution >= 0.6 is 0 Å². The Hall–Kier alpha value is -3.85. The fourth-order valence-corrected chi connectivity index (χ4v) is 2.59. The van der Waals surface area contributed by atoms with Gasteiger partial charge in [0.2, 0.25) is 5.88 Å². The number of phenolic OH excluding ortho intramolecular Hbond substituents is 1. The van der Waals surface area contributed by atoms with E-state index in [1.54, 1.807) is 43.3 Å². The topological polar surface area (TPSA) is 92.4 Å². The Kier molecular flexibility index (Phi) is 5.56. The highest BCUT2D eigenvalue weighted by molar-refractivity contribution is 5.97. The van der Waals surface area contributed by atoms with Gasteiger partial charge in [-0.15, -0.1) is 0 Å². The van der Waals surface area contributed by atoms with Crippen LogP contribution in [0.2, 0.25) is 0 Å². The molecule has 0 bridgehead atoms. The lowest BCUT2D eigenvalue weighted by molar-refractivity contribution is 0.101. The maximum atomic E-state index is 11.5. The molecular formula is C22H18N2O4. The molecular weight excluding hydrogens is 356 g/mol. The van der Waals surface area contributed by atoms with Gasteiger partial charge in [0.1, 0.15) is 23.9 Å². The summed E-state index contributed by atoms with van der Waals surface area (Å²) in [6, 6.07) is 15.7. The molecule has 0 unspecified atom stereocenters. The summed E-state index contributed by atoms with van der Waals surface area (Å²) < 4.78 is 11.4. The van der Waals surface area contributed by atoms with Crippen LogP contribution in [0.15, 0.2) is 54.7 Å². The minimum atomic E-state index is -0.197. The van der Waals surface area contributed by atoms with Gasteiger partial charge in [0, 0.05) is 17.8 Å². The Morgan fingerprint density at radius 2 is 1.93 bits per heavy atom. The molecule has 0 atom stereocenters. The van der Waals surface area contributed by atoms with E-state index < -0.39 is 0 Å². The van der Waals surface area contributed by atoms with Crippen LogP contribution in [0.3, 0.4) is 0 Å². The van der Waals surface area contributed by atoms with Crippen molar-refractivity contribution in [3.05, 3.63) is 77.0 Å². The van der Waals surface area contributed by atoms with Gasteiger partial charge < -0.3 is 14.6 Å². The molecule has 0 aliphatic carbocycles. The molecule has 0 amide bonds. The van der Waals surface area contributed by atoms with E-state index in [4.69, 9.17) is 14.7 Å². The zero-order valence-electron chi connectivity index (χ0n) is 15.5. The standard InChI is InChI=1S/C22H18N2O4/c1-14-20(8-7-19(15(2)25)22(14)26)27-13-16-3-5-18(6-4-16)28-21-11-17(12-23)9-10-24-21/h3-11,26H,13H2,1-2H3. The summed E-state index contributed by atoms with van der Waals surface area (Å²) >= 11 is 0. The van der Waals surface area contributed by atoms with E-state index in [1.165, 1.54) is 13.1 Å². The number of nitriles is 1. The molecule has 0 spiro atoms. The normalized spacial score (nSPS) is 10.2. The highest BCUT2D eigenvalue weighted by Gasteiger charge is 2.13. The van der Waals surface area contributed by atoms with Crippen LogP contribution in [-0.4, -0.2) is 15.9 Å². The Bertz CT molecular complexity index is 1050. The van der Waals surface area contributed by atoms with Crippen LogP contribution in [0.25, 0.3) is 0 Å². The monoisotopic (exact) mass is 374 g/mol. The number of ketones is 1. The van der Waals surface area contributed by atoms with Crippen LogP contribution in [0, 0.1) is 18.3 Å². The van der Waals surface area contributed by atoms with E-state index >= 15 is 0 Å². The van der Waals surface area contributed by atoms with E-state index in [9.17, 15) is 9.90 Å². The van der Waals surface area contributed by atoms with Crippen molar-refractivity contribution in [3.63, 3.8) is 0 Å². The zero-order chi connectivity index (χ0) is 20.1. The number of hydrogen-bond donors (Lipinski definition) is 1. The molecule has 0 aliphatic rings. The van der Waals surface area contributed by atoms with Gasteiger partial charge in [0.15, 0.2) is 5.78 Å². The fourth-order valence-electron chi connectivity index (χ4n) is 2.59. The number of ether oxygens (including phenoxy) is 2. The highest BCUT2D eigenvalue weighted by atomic mass is 16.5. The number of Topliss-reactive ketones (excluding diaryl/α,β-unsaturated/α-hetero) is 1. The number of phenols is 1. The van der Waals surface area contributed by atoms with E-state index in [0.29, 0.717) is 35.1 Å². The summed E-state index contributed by atoms with van der Waals surface area (Å²) in [7, 11) is 0. The van der Waals surface area contributed by atoms with Crippen molar-refractivity contribution < 1.29 is 19.4 Å². The second-order valence-corrected chi connectivity index (χ2v) is 6.17. The quantitative estimate of drug-likeness (QED) is 0.637. The second kappa shape index (κ2) is 8.23. The van der Waals surface area contributed by atoms with Gasteiger partial charge in [-0.3, -0.25) is 4.79 Å². The van der Waals surface area contributed by atoms with Crippen LogP contribution in [0.4, 0.5) is 0 Å². The van der Waals surface area contributed by atoms with Crippen LogP contribution in [-0.2, 0) is 6.61 Å². The third-order valence-electron chi connectivity index (χ3n) is 4.16. The van der Waals surface area contributed by atoms with Gasteiger partial charge in [-0.25, -0.2) is 4.98 Å². The van der Waals surface area contributed by atoms with E-state index in [0.717, 1.165) is 5.56 Å². The Morgan fingerprint density at radius 1 is 1.18 bits per heavy atom. The molecule has 6 heteroatoms. The largest absolute Gasteiger partial charge is 0.507 e. The van der Waals surface area contributed by atoms with Crippen molar-refractivity contribution in [2.45, 2.75) is 20.5 Å².